The Bertz CT molecular complexity index is 868. The Balaban J connectivity index is 1.95. The topological polar surface area (TPSA) is 47.0 Å². The number of halogens is 3. The van der Waals surface area contributed by atoms with E-state index in [9.17, 15) is 13.2 Å². The summed E-state index contributed by atoms with van der Waals surface area (Å²) in [4.78, 5) is 7.20. The molecule has 3 rings (SSSR count). The zero-order valence-corrected chi connectivity index (χ0v) is 13.9. The molecule has 0 aliphatic rings. The fourth-order valence-electron chi connectivity index (χ4n) is 2.32. The van der Waals surface area contributed by atoms with Crippen LogP contribution < -0.4 is 10.1 Å². The summed E-state index contributed by atoms with van der Waals surface area (Å²) >= 11 is 0. The van der Waals surface area contributed by atoms with E-state index < -0.39 is 12.0 Å². The minimum absolute atomic E-state index is 0.00229. The van der Waals surface area contributed by atoms with Crippen molar-refractivity contribution in [1.29, 1.82) is 0 Å². The van der Waals surface area contributed by atoms with Crippen molar-refractivity contribution in [2.45, 2.75) is 19.6 Å². The summed E-state index contributed by atoms with van der Waals surface area (Å²) in [6.45, 7) is 1.77. The first kappa shape index (κ1) is 17.7. The van der Waals surface area contributed by atoms with Crippen molar-refractivity contribution in [1.82, 2.24) is 9.97 Å². The van der Waals surface area contributed by atoms with E-state index >= 15 is 0 Å². The van der Waals surface area contributed by atoms with Crippen molar-refractivity contribution in [2.24, 2.45) is 0 Å². The molecule has 1 N–H and O–H groups in total. The lowest BCUT2D eigenvalue weighted by Crippen LogP contribution is -2.15. The van der Waals surface area contributed by atoms with E-state index in [1.54, 1.807) is 24.3 Å². The van der Waals surface area contributed by atoms with Gasteiger partial charge in [-0.3, -0.25) is 0 Å². The lowest BCUT2D eigenvalue weighted by Gasteiger charge is -2.16. The zero-order valence-electron chi connectivity index (χ0n) is 13.9. The minimum Gasteiger partial charge on any atom is -0.452 e. The zero-order chi connectivity index (χ0) is 18.6. The standard InChI is InChI=1S/C19H16F3N3O/c1-13-16(26-15-10-6-3-7-11-15)17(25-18(24-13)19(20,21)22)23-12-14-8-4-2-5-9-14/h2-11H,12H2,1H3,(H,23,24,25). The smallest absolute Gasteiger partial charge is 0.451 e. The third kappa shape index (κ3) is 4.30. The van der Waals surface area contributed by atoms with E-state index in [1.807, 2.05) is 36.4 Å². The van der Waals surface area contributed by atoms with Gasteiger partial charge in [0.1, 0.15) is 5.75 Å². The molecule has 134 valence electrons. The number of para-hydroxylation sites is 1. The molecule has 26 heavy (non-hydrogen) atoms. The number of anilines is 1. The summed E-state index contributed by atoms with van der Waals surface area (Å²) in [7, 11) is 0. The van der Waals surface area contributed by atoms with E-state index in [0.717, 1.165) is 5.56 Å². The normalized spacial score (nSPS) is 11.2. The second kappa shape index (κ2) is 7.43. The molecule has 4 nitrogen and oxygen atoms in total. The Labute approximate surface area is 148 Å². The highest BCUT2D eigenvalue weighted by Crippen LogP contribution is 2.35. The summed E-state index contributed by atoms with van der Waals surface area (Å²) in [6.07, 6.45) is -4.64. The molecule has 1 aromatic heterocycles. The van der Waals surface area contributed by atoms with E-state index in [1.165, 1.54) is 6.92 Å². The molecule has 0 atom stereocenters. The molecule has 0 bridgehead atoms. The molecule has 7 heteroatoms. The van der Waals surface area contributed by atoms with Crippen LogP contribution in [0.15, 0.2) is 60.7 Å². The lowest BCUT2D eigenvalue weighted by molar-refractivity contribution is -0.145. The van der Waals surface area contributed by atoms with Crippen molar-refractivity contribution in [2.75, 3.05) is 5.32 Å². The summed E-state index contributed by atoms with van der Waals surface area (Å²) in [5, 5.41) is 2.93. The molecular formula is C19H16F3N3O. The van der Waals surface area contributed by atoms with Crippen LogP contribution in [0.2, 0.25) is 0 Å². The molecule has 0 saturated heterocycles. The lowest BCUT2D eigenvalue weighted by atomic mass is 10.2. The SMILES string of the molecule is Cc1nc(C(F)(F)F)nc(NCc2ccccc2)c1Oc1ccccc1. The van der Waals surface area contributed by atoms with Crippen LogP contribution in [0.5, 0.6) is 11.5 Å². The molecule has 0 aliphatic heterocycles. The summed E-state index contributed by atoms with van der Waals surface area (Å²) < 4.78 is 45.0. The molecule has 0 amide bonds. The number of aromatic nitrogens is 2. The third-order valence-electron chi connectivity index (χ3n) is 3.55. The highest BCUT2D eigenvalue weighted by atomic mass is 19.4. The first-order valence-electron chi connectivity index (χ1n) is 7.90. The van der Waals surface area contributed by atoms with Crippen molar-refractivity contribution in [3.05, 3.63) is 77.7 Å². The molecule has 0 saturated carbocycles. The highest BCUT2D eigenvalue weighted by Gasteiger charge is 2.36. The number of alkyl halides is 3. The van der Waals surface area contributed by atoms with Crippen LogP contribution in [0.25, 0.3) is 0 Å². The predicted molar refractivity (Wildman–Crippen MR) is 92.1 cm³/mol. The van der Waals surface area contributed by atoms with Crippen LogP contribution in [0, 0.1) is 6.92 Å². The average molecular weight is 359 g/mol. The van der Waals surface area contributed by atoms with Gasteiger partial charge in [-0.15, -0.1) is 0 Å². The number of hydrogen-bond donors (Lipinski definition) is 1. The van der Waals surface area contributed by atoms with Crippen LogP contribution >= 0.6 is 0 Å². The predicted octanol–water partition coefficient (Wildman–Crippen LogP) is 5.21. The van der Waals surface area contributed by atoms with Crippen molar-refractivity contribution in [3.63, 3.8) is 0 Å². The Kier molecular flexibility index (Phi) is 5.06. The summed E-state index contributed by atoms with van der Waals surface area (Å²) in [6, 6.07) is 18.1. The first-order valence-corrected chi connectivity index (χ1v) is 7.90. The Morgan fingerprint density at radius 3 is 2.15 bits per heavy atom. The van der Waals surface area contributed by atoms with E-state index in [0.29, 0.717) is 12.3 Å². The molecular weight excluding hydrogens is 343 g/mol. The van der Waals surface area contributed by atoms with Crippen LogP contribution in [0.1, 0.15) is 17.1 Å². The fraction of sp³-hybridized carbons (Fsp3) is 0.158. The Morgan fingerprint density at radius 1 is 0.923 bits per heavy atom. The maximum absolute atomic E-state index is 13.1. The van der Waals surface area contributed by atoms with Gasteiger partial charge in [0.05, 0.1) is 5.69 Å². The van der Waals surface area contributed by atoms with Gasteiger partial charge in [0.25, 0.3) is 0 Å². The third-order valence-corrected chi connectivity index (χ3v) is 3.55. The van der Waals surface area contributed by atoms with Crippen LogP contribution in [0.4, 0.5) is 19.0 Å². The van der Waals surface area contributed by atoms with Gasteiger partial charge >= 0.3 is 6.18 Å². The van der Waals surface area contributed by atoms with Gasteiger partial charge < -0.3 is 10.1 Å². The number of aryl methyl sites for hydroxylation is 1. The van der Waals surface area contributed by atoms with E-state index in [-0.39, 0.29) is 17.3 Å². The molecule has 3 aromatic rings. The fourth-order valence-corrected chi connectivity index (χ4v) is 2.32. The van der Waals surface area contributed by atoms with Crippen LogP contribution in [-0.4, -0.2) is 9.97 Å². The molecule has 0 fully saturated rings. The van der Waals surface area contributed by atoms with Crippen molar-refractivity contribution < 1.29 is 17.9 Å². The molecule has 1 heterocycles. The maximum Gasteiger partial charge on any atom is 0.451 e. The molecule has 0 radical (unpaired) electrons. The quantitative estimate of drug-likeness (QED) is 0.679. The molecule has 0 spiro atoms. The van der Waals surface area contributed by atoms with E-state index in [4.69, 9.17) is 4.74 Å². The largest absolute Gasteiger partial charge is 0.452 e. The van der Waals surface area contributed by atoms with Gasteiger partial charge in [-0.2, -0.15) is 13.2 Å². The number of benzene rings is 2. The van der Waals surface area contributed by atoms with E-state index in [2.05, 4.69) is 15.3 Å². The van der Waals surface area contributed by atoms with Gasteiger partial charge in [0.2, 0.25) is 5.82 Å². The van der Waals surface area contributed by atoms with Gasteiger partial charge in [0.15, 0.2) is 11.6 Å². The van der Waals surface area contributed by atoms with Crippen LogP contribution in [0.3, 0.4) is 0 Å². The number of hydrogen-bond acceptors (Lipinski definition) is 4. The highest BCUT2D eigenvalue weighted by molar-refractivity contribution is 5.54. The summed E-state index contributed by atoms with van der Waals surface area (Å²) in [5.74, 6) is -0.551. The molecule has 2 aromatic carbocycles. The minimum atomic E-state index is -4.64. The molecule has 0 aliphatic carbocycles. The van der Waals surface area contributed by atoms with Crippen molar-refractivity contribution >= 4 is 5.82 Å². The number of nitrogens with zero attached hydrogens (tertiary/aromatic N) is 2. The van der Waals surface area contributed by atoms with Gasteiger partial charge in [-0.25, -0.2) is 9.97 Å². The van der Waals surface area contributed by atoms with Gasteiger partial charge in [-0.05, 0) is 24.6 Å². The number of nitrogens with one attached hydrogen (secondary N) is 1. The Morgan fingerprint density at radius 2 is 1.54 bits per heavy atom. The first-order chi connectivity index (χ1) is 12.4. The number of rotatable bonds is 5. The van der Waals surface area contributed by atoms with Gasteiger partial charge in [-0.1, -0.05) is 48.5 Å². The van der Waals surface area contributed by atoms with Gasteiger partial charge in [0, 0.05) is 6.54 Å². The second-order valence-corrected chi connectivity index (χ2v) is 5.56. The number of ether oxygens (including phenoxy) is 1. The monoisotopic (exact) mass is 359 g/mol. The average Bonchev–Trinajstić information content (AvgIpc) is 2.63. The summed E-state index contributed by atoms with van der Waals surface area (Å²) in [5.41, 5.74) is 1.01. The Hall–Kier alpha value is -3.09. The van der Waals surface area contributed by atoms with Crippen molar-refractivity contribution in [3.8, 4) is 11.5 Å². The van der Waals surface area contributed by atoms with Crippen LogP contribution in [-0.2, 0) is 12.7 Å². The second-order valence-electron chi connectivity index (χ2n) is 5.56. The maximum atomic E-state index is 13.1. The molecule has 0 unspecified atom stereocenters.